The van der Waals surface area contributed by atoms with Crippen molar-refractivity contribution in [2.24, 2.45) is 5.73 Å². The van der Waals surface area contributed by atoms with Crippen molar-refractivity contribution in [2.45, 2.75) is 20.0 Å². The summed E-state index contributed by atoms with van der Waals surface area (Å²) < 4.78 is 4.90. The molecule has 3 nitrogen and oxygen atoms in total. The number of hydrogen-bond donors (Lipinski definition) is 1. The molecule has 3 heteroatoms. The van der Waals surface area contributed by atoms with Crippen molar-refractivity contribution in [3.05, 3.63) is 23.4 Å². The van der Waals surface area contributed by atoms with Gasteiger partial charge in [0.05, 0.1) is 11.3 Å². The Morgan fingerprint density at radius 1 is 1.64 bits per heavy atom. The number of ether oxygens (including phenoxy) is 1. The van der Waals surface area contributed by atoms with Gasteiger partial charge in [-0.1, -0.05) is 6.08 Å². The standard InChI is InChI=1S/C8H11NO2/c1-3-4-6-7(9)5(2)8(10)11-6/h3-4,6H,9H2,1-2H3/b4-3+/t6-/m1/s1. The van der Waals surface area contributed by atoms with Crippen molar-refractivity contribution >= 4 is 5.97 Å². The lowest BCUT2D eigenvalue weighted by Gasteiger charge is -2.03. The normalized spacial score (nSPS) is 24.9. The molecule has 0 amide bonds. The first-order valence-electron chi connectivity index (χ1n) is 3.47. The summed E-state index contributed by atoms with van der Waals surface area (Å²) in [4.78, 5) is 10.9. The van der Waals surface area contributed by atoms with Crippen LogP contribution in [0.5, 0.6) is 0 Å². The van der Waals surface area contributed by atoms with Crippen LogP contribution in [0.1, 0.15) is 13.8 Å². The average Bonchev–Trinajstić information content (AvgIpc) is 2.19. The molecule has 0 spiro atoms. The third-order valence-electron chi connectivity index (χ3n) is 1.65. The topological polar surface area (TPSA) is 52.3 Å². The molecule has 60 valence electrons. The number of nitrogens with two attached hydrogens (primary N) is 1. The molecule has 0 saturated carbocycles. The Balaban J connectivity index is 2.85. The van der Waals surface area contributed by atoms with E-state index in [4.69, 9.17) is 10.5 Å². The summed E-state index contributed by atoms with van der Waals surface area (Å²) in [6.45, 7) is 3.52. The summed E-state index contributed by atoms with van der Waals surface area (Å²) >= 11 is 0. The summed E-state index contributed by atoms with van der Waals surface area (Å²) in [5.74, 6) is -0.314. The van der Waals surface area contributed by atoms with E-state index in [1.807, 2.05) is 13.0 Å². The van der Waals surface area contributed by atoms with E-state index in [0.29, 0.717) is 11.3 Å². The van der Waals surface area contributed by atoms with E-state index >= 15 is 0 Å². The molecule has 0 saturated heterocycles. The first-order valence-corrected chi connectivity index (χ1v) is 3.47. The zero-order valence-electron chi connectivity index (χ0n) is 6.63. The molecule has 0 aromatic rings. The average molecular weight is 153 g/mol. The Hall–Kier alpha value is -1.25. The SMILES string of the molecule is C/C=C/[C@H]1OC(=O)C(C)=C1N. The summed E-state index contributed by atoms with van der Waals surface area (Å²) in [5, 5.41) is 0. The second-order valence-corrected chi connectivity index (χ2v) is 2.43. The highest BCUT2D eigenvalue weighted by atomic mass is 16.5. The van der Waals surface area contributed by atoms with Crippen molar-refractivity contribution in [1.29, 1.82) is 0 Å². The molecule has 0 aliphatic carbocycles. The van der Waals surface area contributed by atoms with Gasteiger partial charge in [-0.25, -0.2) is 4.79 Å². The Bertz CT molecular complexity index is 240. The molecule has 0 aromatic carbocycles. The molecule has 1 rings (SSSR count). The zero-order valence-corrected chi connectivity index (χ0v) is 6.63. The van der Waals surface area contributed by atoms with Crippen molar-refractivity contribution in [3.8, 4) is 0 Å². The molecule has 0 aromatic heterocycles. The zero-order chi connectivity index (χ0) is 8.43. The highest BCUT2D eigenvalue weighted by Gasteiger charge is 2.26. The minimum atomic E-state index is -0.340. The number of rotatable bonds is 1. The molecule has 0 radical (unpaired) electrons. The van der Waals surface area contributed by atoms with Crippen molar-refractivity contribution < 1.29 is 9.53 Å². The summed E-state index contributed by atoms with van der Waals surface area (Å²) in [5.41, 5.74) is 6.62. The van der Waals surface area contributed by atoms with Crippen LogP contribution in [-0.4, -0.2) is 12.1 Å². The van der Waals surface area contributed by atoms with Crippen molar-refractivity contribution in [3.63, 3.8) is 0 Å². The molecular weight excluding hydrogens is 142 g/mol. The minimum absolute atomic E-state index is 0.314. The second-order valence-electron chi connectivity index (χ2n) is 2.43. The van der Waals surface area contributed by atoms with E-state index in [-0.39, 0.29) is 12.1 Å². The number of carbonyl (C=O) groups is 1. The highest BCUT2D eigenvalue weighted by Crippen LogP contribution is 2.18. The van der Waals surface area contributed by atoms with E-state index in [1.54, 1.807) is 13.0 Å². The molecular formula is C8H11NO2. The van der Waals surface area contributed by atoms with Crippen LogP contribution in [0.2, 0.25) is 0 Å². The fourth-order valence-electron chi connectivity index (χ4n) is 0.916. The number of allylic oxidation sites excluding steroid dienone is 1. The van der Waals surface area contributed by atoms with Gasteiger partial charge in [-0.15, -0.1) is 0 Å². The molecule has 0 bridgehead atoms. The van der Waals surface area contributed by atoms with Gasteiger partial charge >= 0.3 is 5.97 Å². The third-order valence-corrected chi connectivity index (χ3v) is 1.65. The third kappa shape index (κ3) is 1.27. The van der Waals surface area contributed by atoms with Crippen molar-refractivity contribution in [2.75, 3.05) is 0 Å². The molecule has 1 atom stereocenters. The van der Waals surface area contributed by atoms with Crippen molar-refractivity contribution in [1.82, 2.24) is 0 Å². The number of esters is 1. The molecule has 1 aliphatic rings. The van der Waals surface area contributed by atoms with Crippen LogP contribution in [0.3, 0.4) is 0 Å². The van der Waals surface area contributed by atoms with E-state index in [0.717, 1.165) is 0 Å². The van der Waals surface area contributed by atoms with Gasteiger partial charge in [-0.3, -0.25) is 0 Å². The van der Waals surface area contributed by atoms with Crippen LogP contribution in [0.15, 0.2) is 23.4 Å². The summed E-state index contributed by atoms with van der Waals surface area (Å²) in [6.07, 6.45) is 3.22. The molecule has 0 fully saturated rings. The fraction of sp³-hybridized carbons (Fsp3) is 0.375. The maximum Gasteiger partial charge on any atom is 0.336 e. The molecule has 11 heavy (non-hydrogen) atoms. The van der Waals surface area contributed by atoms with Crippen LogP contribution in [0, 0.1) is 0 Å². The van der Waals surface area contributed by atoms with E-state index in [2.05, 4.69) is 0 Å². The van der Waals surface area contributed by atoms with Crippen LogP contribution in [0.4, 0.5) is 0 Å². The summed E-state index contributed by atoms with van der Waals surface area (Å²) in [7, 11) is 0. The fourth-order valence-corrected chi connectivity index (χ4v) is 0.916. The number of hydrogen-bond acceptors (Lipinski definition) is 3. The Morgan fingerprint density at radius 2 is 2.27 bits per heavy atom. The minimum Gasteiger partial charge on any atom is -0.448 e. The summed E-state index contributed by atoms with van der Waals surface area (Å²) in [6, 6.07) is 0. The lowest BCUT2D eigenvalue weighted by atomic mass is 10.2. The van der Waals surface area contributed by atoms with E-state index in [1.165, 1.54) is 0 Å². The molecule has 1 heterocycles. The lowest BCUT2D eigenvalue weighted by Crippen LogP contribution is -2.13. The Labute approximate surface area is 65.5 Å². The van der Waals surface area contributed by atoms with Crippen LogP contribution in [0.25, 0.3) is 0 Å². The van der Waals surface area contributed by atoms with E-state index < -0.39 is 0 Å². The maximum absolute atomic E-state index is 10.9. The Morgan fingerprint density at radius 3 is 2.64 bits per heavy atom. The predicted octanol–water partition coefficient (Wildman–Crippen LogP) is 0.721. The molecule has 0 unspecified atom stereocenters. The smallest absolute Gasteiger partial charge is 0.336 e. The highest BCUT2D eigenvalue weighted by molar-refractivity contribution is 5.91. The van der Waals surface area contributed by atoms with Gasteiger partial charge in [-0.05, 0) is 19.9 Å². The number of carbonyl (C=O) groups excluding carboxylic acids is 1. The van der Waals surface area contributed by atoms with Gasteiger partial charge in [0.2, 0.25) is 0 Å². The maximum atomic E-state index is 10.9. The second kappa shape index (κ2) is 2.78. The first-order chi connectivity index (χ1) is 5.16. The van der Waals surface area contributed by atoms with Gasteiger partial charge in [0.15, 0.2) is 6.10 Å². The van der Waals surface area contributed by atoms with Crippen LogP contribution in [-0.2, 0) is 9.53 Å². The Kier molecular flexibility index (Phi) is 1.98. The van der Waals surface area contributed by atoms with Gasteiger partial charge in [-0.2, -0.15) is 0 Å². The van der Waals surface area contributed by atoms with Gasteiger partial charge < -0.3 is 10.5 Å². The van der Waals surface area contributed by atoms with Gasteiger partial charge in [0, 0.05) is 0 Å². The van der Waals surface area contributed by atoms with Crippen LogP contribution < -0.4 is 5.73 Å². The monoisotopic (exact) mass is 153 g/mol. The van der Waals surface area contributed by atoms with Crippen LogP contribution >= 0.6 is 0 Å². The quantitative estimate of drug-likeness (QED) is 0.446. The van der Waals surface area contributed by atoms with Gasteiger partial charge in [0.25, 0.3) is 0 Å². The van der Waals surface area contributed by atoms with E-state index in [9.17, 15) is 4.79 Å². The molecule has 2 N–H and O–H groups in total. The first kappa shape index (κ1) is 7.85. The van der Waals surface area contributed by atoms with Gasteiger partial charge in [0.1, 0.15) is 0 Å². The number of cyclic esters (lactones) is 1. The lowest BCUT2D eigenvalue weighted by molar-refractivity contribution is -0.138. The largest absolute Gasteiger partial charge is 0.448 e. The predicted molar refractivity (Wildman–Crippen MR) is 41.6 cm³/mol. The molecule has 1 aliphatic heterocycles.